The fourth-order valence-electron chi connectivity index (χ4n) is 4.97. The Morgan fingerprint density at radius 3 is 1.68 bits per heavy atom. The molecule has 0 saturated heterocycles. The van der Waals surface area contributed by atoms with Gasteiger partial charge in [0.15, 0.2) is 0 Å². The SMILES string of the molecule is CNc1ccc(COC(=O)N(C)CCN(CCOCCO)C(=O)Oc2ccc(COC(=O)N(C)CCN(CCOCCN3C(=O)C=CC3=O)C(C)=O)cc2)cc1. The quantitative estimate of drug-likeness (QED) is 0.123. The van der Waals surface area contributed by atoms with Gasteiger partial charge in [0.25, 0.3) is 11.8 Å². The Kier molecular flexibility index (Phi) is 19.1. The number of nitrogens with one attached hydrogen (secondary N) is 1. The molecule has 0 spiro atoms. The predicted molar refractivity (Wildman–Crippen MR) is 202 cm³/mol. The second kappa shape index (κ2) is 23.9. The maximum absolute atomic E-state index is 13.1. The molecule has 0 bridgehead atoms. The lowest BCUT2D eigenvalue weighted by atomic mass is 10.2. The largest absolute Gasteiger partial charge is 0.445 e. The Balaban J connectivity index is 1.40. The number of aliphatic hydroxyl groups is 1. The van der Waals surface area contributed by atoms with E-state index in [1.165, 1.54) is 38.7 Å². The fourth-order valence-corrected chi connectivity index (χ4v) is 4.97. The van der Waals surface area contributed by atoms with E-state index in [1.807, 2.05) is 31.3 Å². The molecule has 2 aromatic carbocycles. The zero-order valence-corrected chi connectivity index (χ0v) is 32.3. The van der Waals surface area contributed by atoms with Crippen molar-refractivity contribution in [1.29, 1.82) is 0 Å². The number of likely N-dealkylation sites (N-methyl/N-ethyl adjacent to an activating group) is 2. The minimum Gasteiger partial charge on any atom is -0.445 e. The van der Waals surface area contributed by atoms with Gasteiger partial charge < -0.3 is 53.7 Å². The predicted octanol–water partition coefficient (Wildman–Crippen LogP) is 2.17. The molecule has 56 heavy (non-hydrogen) atoms. The number of aliphatic hydroxyl groups excluding tert-OH is 1. The van der Waals surface area contributed by atoms with Gasteiger partial charge in [0, 0.05) is 85.2 Å². The van der Waals surface area contributed by atoms with Crippen LogP contribution in [0.2, 0.25) is 0 Å². The Hall–Kier alpha value is -5.72. The van der Waals surface area contributed by atoms with Gasteiger partial charge in [-0.3, -0.25) is 19.3 Å². The van der Waals surface area contributed by atoms with Crippen molar-refractivity contribution in [2.45, 2.75) is 20.1 Å². The first-order valence-corrected chi connectivity index (χ1v) is 18.0. The highest BCUT2D eigenvalue weighted by Gasteiger charge is 2.23. The number of hydrogen-bond acceptors (Lipinski definition) is 13. The molecule has 1 aliphatic rings. The summed E-state index contributed by atoms with van der Waals surface area (Å²) in [6.07, 6.45) is 0.561. The normalized spacial score (nSPS) is 12.0. The number of ether oxygens (including phenoxy) is 5. The van der Waals surface area contributed by atoms with Crippen LogP contribution in [0, 0.1) is 0 Å². The van der Waals surface area contributed by atoms with Gasteiger partial charge in [0.1, 0.15) is 19.0 Å². The summed E-state index contributed by atoms with van der Waals surface area (Å²) in [5.74, 6) is -0.748. The maximum Gasteiger partial charge on any atom is 0.415 e. The summed E-state index contributed by atoms with van der Waals surface area (Å²) in [6, 6.07) is 13.9. The standard InChI is InChI=1S/C38H52N6O12/c1-29(46)42(19-23-52-25-21-44-34(47)13-14-35(44)48)17-15-40(3)36(49)55-28-31-7-11-33(12-8-31)56-38(51)43(20-24-53-26-22-45)18-16-41(4)37(50)54-27-30-5-9-32(39-2)10-6-30/h5-14,39,45H,15-28H2,1-4H3. The molecular formula is C38H52N6O12. The highest BCUT2D eigenvalue weighted by Crippen LogP contribution is 2.15. The Bertz CT molecular complexity index is 1600. The van der Waals surface area contributed by atoms with Crippen LogP contribution in [-0.2, 0) is 46.5 Å². The van der Waals surface area contributed by atoms with Gasteiger partial charge >= 0.3 is 18.3 Å². The third kappa shape index (κ3) is 15.6. The first-order valence-electron chi connectivity index (χ1n) is 18.0. The molecule has 0 aliphatic carbocycles. The van der Waals surface area contributed by atoms with Crippen molar-refractivity contribution in [2.75, 3.05) is 105 Å². The summed E-state index contributed by atoms with van der Waals surface area (Å²) in [5, 5.41) is 12.1. The molecule has 2 aromatic rings. The average molecular weight is 785 g/mol. The van der Waals surface area contributed by atoms with E-state index in [4.69, 9.17) is 28.8 Å². The van der Waals surface area contributed by atoms with Crippen LogP contribution in [0.1, 0.15) is 18.1 Å². The van der Waals surface area contributed by atoms with E-state index in [1.54, 1.807) is 38.4 Å². The van der Waals surface area contributed by atoms with E-state index in [0.29, 0.717) is 5.56 Å². The summed E-state index contributed by atoms with van der Waals surface area (Å²) in [4.78, 5) is 80.4. The van der Waals surface area contributed by atoms with Crippen molar-refractivity contribution < 1.29 is 57.6 Å². The number of nitrogens with zero attached hydrogens (tertiary/aromatic N) is 5. The van der Waals surface area contributed by atoms with Crippen molar-refractivity contribution in [3.05, 3.63) is 71.8 Å². The topological polar surface area (TPSA) is 197 Å². The molecule has 0 saturated carbocycles. The molecule has 0 radical (unpaired) electrons. The minimum atomic E-state index is -0.677. The first kappa shape index (κ1) is 44.7. The number of carbonyl (C=O) groups is 6. The van der Waals surface area contributed by atoms with Gasteiger partial charge in [-0.15, -0.1) is 0 Å². The zero-order chi connectivity index (χ0) is 40.9. The molecule has 0 atom stereocenters. The monoisotopic (exact) mass is 784 g/mol. The summed E-state index contributed by atoms with van der Waals surface area (Å²) in [7, 11) is 4.92. The van der Waals surface area contributed by atoms with Crippen molar-refractivity contribution >= 4 is 41.7 Å². The van der Waals surface area contributed by atoms with Crippen molar-refractivity contribution in [1.82, 2.24) is 24.5 Å². The van der Waals surface area contributed by atoms with E-state index in [2.05, 4.69) is 5.32 Å². The minimum absolute atomic E-state index is 0.0583. The zero-order valence-electron chi connectivity index (χ0n) is 32.3. The third-order valence-corrected chi connectivity index (χ3v) is 8.44. The van der Waals surface area contributed by atoms with E-state index < -0.39 is 18.3 Å². The van der Waals surface area contributed by atoms with Crippen LogP contribution < -0.4 is 10.1 Å². The number of hydrogen-bond donors (Lipinski definition) is 2. The summed E-state index contributed by atoms with van der Waals surface area (Å²) >= 11 is 0. The fraction of sp³-hybridized carbons (Fsp3) is 0.474. The van der Waals surface area contributed by atoms with Crippen LogP contribution in [0.25, 0.3) is 0 Å². The van der Waals surface area contributed by atoms with Crippen molar-refractivity contribution in [3.8, 4) is 5.75 Å². The van der Waals surface area contributed by atoms with E-state index in [0.717, 1.165) is 16.2 Å². The van der Waals surface area contributed by atoms with E-state index >= 15 is 0 Å². The Morgan fingerprint density at radius 2 is 1.16 bits per heavy atom. The number of amides is 6. The lowest BCUT2D eigenvalue weighted by Crippen LogP contribution is -2.42. The maximum atomic E-state index is 13.1. The van der Waals surface area contributed by atoms with Gasteiger partial charge in [0.2, 0.25) is 5.91 Å². The van der Waals surface area contributed by atoms with Crippen LogP contribution in [0.5, 0.6) is 5.75 Å². The molecule has 6 amide bonds. The molecule has 2 N–H and O–H groups in total. The average Bonchev–Trinajstić information content (AvgIpc) is 3.52. The Morgan fingerprint density at radius 1 is 0.661 bits per heavy atom. The Labute approximate surface area is 326 Å². The molecule has 0 aromatic heterocycles. The number of anilines is 1. The van der Waals surface area contributed by atoms with Crippen LogP contribution in [0.15, 0.2) is 60.7 Å². The van der Waals surface area contributed by atoms with Crippen LogP contribution in [0.3, 0.4) is 0 Å². The molecule has 1 aliphatic heterocycles. The second-order valence-electron chi connectivity index (χ2n) is 12.5. The van der Waals surface area contributed by atoms with Crippen LogP contribution >= 0.6 is 0 Å². The molecule has 18 heteroatoms. The van der Waals surface area contributed by atoms with Gasteiger partial charge in [-0.1, -0.05) is 24.3 Å². The van der Waals surface area contributed by atoms with Gasteiger partial charge in [-0.25, -0.2) is 14.4 Å². The smallest absolute Gasteiger partial charge is 0.415 e. The molecule has 18 nitrogen and oxygen atoms in total. The highest BCUT2D eigenvalue weighted by atomic mass is 16.6. The molecule has 0 unspecified atom stereocenters. The van der Waals surface area contributed by atoms with Gasteiger partial charge in [-0.05, 0) is 35.4 Å². The van der Waals surface area contributed by atoms with Gasteiger partial charge in [0.05, 0.1) is 39.6 Å². The van der Waals surface area contributed by atoms with Crippen molar-refractivity contribution in [2.24, 2.45) is 0 Å². The molecule has 306 valence electrons. The van der Waals surface area contributed by atoms with Gasteiger partial charge in [-0.2, -0.15) is 0 Å². The van der Waals surface area contributed by atoms with E-state index in [9.17, 15) is 28.8 Å². The summed E-state index contributed by atoms with van der Waals surface area (Å²) < 4.78 is 27.2. The second-order valence-corrected chi connectivity index (χ2v) is 12.5. The first-order chi connectivity index (χ1) is 26.9. The van der Waals surface area contributed by atoms with E-state index in [-0.39, 0.29) is 116 Å². The lowest BCUT2D eigenvalue weighted by Gasteiger charge is -2.25. The van der Waals surface area contributed by atoms with Crippen LogP contribution in [-0.4, -0.2) is 166 Å². The molecular weight excluding hydrogens is 732 g/mol. The summed E-state index contributed by atoms with van der Waals surface area (Å²) in [5.41, 5.74) is 2.40. The number of benzene rings is 2. The summed E-state index contributed by atoms with van der Waals surface area (Å²) in [6.45, 7) is 3.03. The molecule has 3 rings (SSSR count). The van der Waals surface area contributed by atoms with Crippen molar-refractivity contribution in [3.63, 3.8) is 0 Å². The number of rotatable bonds is 23. The molecule has 1 heterocycles. The number of carbonyl (C=O) groups excluding carboxylic acids is 6. The third-order valence-electron chi connectivity index (χ3n) is 8.44. The highest BCUT2D eigenvalue weighted by molar-refractivity contribution is 6.12. The van der Waals surface area contributed by atoms with Crippen LogP contribution in [0.4, 0.5) is 20.1 Å². The number of imide groups is 1. The molecule has 0 fully saturated rings. The lowest BCUT2D eigenvalue weighted by molar-refractivity contribution is -0.137.